The van der Waals surface area contributed by atoms with E-state index in [1.165, 1.54) is 25.3 Å². The first-order chi connectivity index (χ1) is 11.7. The van der Waals surface area contributed by atoms with Gasteiger partial charge in [0.15, 0.2) is 0 Å². The van der Waals surface area contributed by atoms with Gasteiger partial charge in [0.2, 0.25) is 5.82 Å². The predicted molar refractivity (Wildman–Crippen MR) is 97.7 cm³/mol. The lowest BCUT2D eigenvalue weighted by Gasteiger charge is -2.23. The van der Waals surface area contributed by atoms with Gasteiger partial charge in [-0.25, -0.2) is 9.97 Å². The maximum Gasteiger partial charge on any atom is 0.311 e. The highest BCUT2D eigenvalue weighted by molar-refractivity contribution is 7.07. The van der Waals surface area contributed by atoms with Crippen LogP contribution in [-0.2, 0) is 6.42 Å². The lowest BCUT2D eigenvalue weighted by Crippen LogP contribution is -2.28. The zero-order valence-corrected chi connectivity index (χ0v) is 14.9. The highest BCUT2D eigenvalue weighted by Gasteiger charge is 2.20. The largest absolute Gasteiger partial charge is 0.351 e. The quantitative estimate of drug-likeness (QED) is 0.340. The van der Waals surface area contributed by atoms with Gasteiger partial charge in [0, 0.05) is 37.2 Å². The average Bonchev–Trinajstić information content (AvgIpc) is 3.11. The van der Waals surface area contributed by atoms with Crippen LogP contribution in [0.5, 0.6) is 0 Å². The first-order valence-electron chi connectivity index (χ1n) is 8.43. The molecule has 0 spiro atoms. The van der Waals surface area contributed by atoms with Crippen molar-refractivity contribution in [3.05, 3.63) is 45.0 Å². The number of pyridine rings is 1. The van der Waals surface area contributed by atoms with Crippen LogP contribution in [0.3, 0.4) is 0 Å². The van der Waals surface area contributed by atoms with E-state index in [1.807, 2.05) is 15.8 Å². The molecule has 7 heteroatoms. The minimum absolute atomic E-state index is 0.0735. The maximum atomic E-state index is 11.3. The second-order valence-corrected chi connectivity index (χ2v) is 6.45. The molecule has 0 saturated carbocycles. The summed E-state index contributed by atoms with van der Waals surface area (Å²) in [6, 6.07) is 3.14. The van der Waals surface area contributed by atoms with Crippen LogP contribution in [0.15, 0.2) is 29.2 Å². The van der Waals surface area contributed by atoms with Gasteiger partial charge in [0.1, 0.15) is 0 Å². The van der Waals surface area contributed by atoms with Gasteiger partial charge < -0.3 is 4.90 Å². The molecule has 0 aliphatic rings. The van der Waals surface area contributed by atoms with Crippen molar-refractivity contribution in [2.45, 2.75) is 45.4 Å². The lowest BCUT2D eigenvalue weighted by atomic mass is 10.1. The molecular weight excluding hydrogens is 324 g/mol. The van der Waals surface area contributed by atoms with Gasteiger partial charge in [-0.05, 0) is 12.5 Å². The molecule has 2 rings (SSSR count). The van der Waals surface area contributed by atoms with E-state index in [1.54, 1.807) is 23.6 Å². The van der Waals surface area contributed by atoms with Crippen molar-refractivity contribution in [2.75, 3.05) is 18.0 Å². The molecule has 0 aliphatic carbocycles. The Morgan fingerprint density at radius 1 is 1.21 bits per heavy atom. The van der Waals surface area contributed by atoms with Crippen LogP contribution in [0.25, 0.3) is 0 Å². The van der Waals surface area contributed by atoms with Gasteiger partial charge in [-0.1, -0.05) is 32.6 Å². The first-order valence-corrected chi connectivity index (χ1v) is 9.38. The molecule has 0 unspecified atom stereocenters. The molecule has 0 aromatic carbocycles. The van der Waals surface area contributed by atoms with E-state index in [9.17, 15) is 10.1 Å². The smallest absolute Gasteiger partial charge is 0.311 e. The van der Waals surface area contributed by atoms with E-state index in [0.717, 1.165) is 31.5 Å². The Morgan fingerprint density at radius 3 is 2.75 bits per heavy atom. The summed E-state index contributed by atoms with van der Waals surface area (Å²) in [7, 11) is 0. The standard InChI is InChI=1S/C17H24N4O2S/c1-2-3-4-5-6-11-20(12-9-15-13-24-14-19-15)17-16(21(22)23)8-7-10-18-17/h7-8,10,13-14H,2-6,9,11-12H2,1H3. The van der Waals surface area contributed by atoms with Crippen molar-refractivity contribution in [3.63, 3.8) is 0 Å². The van der Waals surface area contributed by atoms with Crippen molar-refractivity contribution in [2.24, 2.45) is 0 Å². The monoisotopic (exact) mass is 348 g/mol. The van der Waals surface area contributed by atoms with E-state index in [2.05, 4.69) is 16.9 Å². The van der Waals surface area contributed by atoms with Crippen molar-refractivity contribution < 1.29 is 4.92 Å². The van der Waals surface area contributed by atoms with Gasteiger partial charge in [-0.3, -0.25) is 10.1 Å². The number of nitrogens with zero attached hydrogens (tertiary/aromatic N) is 4. The molecule has 130 valence electrons. The first kappa shape index (κ1) is 18.3. The average molecular weight is 348 g/mol. The molecule has 2 heterocycles. The van der Waals surface area contributed by atoms with E-state index in [4.69, 9.17) is 0 Å². The Labute approximate surface area is 146 Å². The normalized spacial score (nSPS) is 10.7. The minimum Gasteiger partial charge on any atom is -0.351 e. The lowest BCUT2D eigenvalue weighted by molar-refractivity contribution is -0.384. The molecule has 0 amide bonds. The van der Waals surface area contributed by atoms with Crippen LogP contribution in [0.4, 0.5) is 11.5 Å². The van der Waals surface area contributed by atoms with Gasteiger partial charge in [-0.2, -0.15) is 0 Å². The molecule has 0 radical (unpaired) electrons. The molecule has 24 heavy (non-hydrogen) atoms. The second kappa shape index (κ2) is 9.97. The fourth-order valence-corrected chi connectivity index (χ4v) is 3.21. The molecular formula is C17H24N4O2S. The van der Waals surface area contributed by atoms with Crippen LogP contribution in [0, 0.1) is 10.1 Å². The molecule has 2 aromatic heterocycles. The summed E-state index contributed by atoms with van der Waals surface area (Å²) in [6.07, 6.45) is 8.20. The second-order valence-electron chi connectivity index (χ2n) is 5.73. The summed E-state index contributed by atoms with van der Waals surface area (Å²) in [4.78, 5) is 21.6. The van der Waals surface area contributed by atoms with E-state index >= 15 is 0 Å². The highest BCUT2D eigenvalue weighted by atomic mass is 32.1. The Morgan fingerprint density at radius 2 is 2.04 bits per heavy atom. The third-order valence-electron chi connectivity index (χ3n) is 3.92. The van der Waals surface area contributed by atoms with E-state index in [0.29, 0.717) is 12.4 Å². The number of nitro groups is 1. The molecule has 0 N–H and O–H groups in total. The van der Waals surface area contributed by atoms with Crippen molar-refractivity contribution in [1.82, 2.24) is 9.97 Å². The van der Waals surface area contributed by atoms with Gasteiger partial charge in [0.05, 0.1) is 16.1 Å². The minimum atomic E-state index is -0.352. The number of unbranched alkanes of at least 4 members (excludes halogenated alkanes) is 4. The summed E-state index contributed by atoms with van der Waals surface area (Å²) in [5.41, 5.74) is 2.91. The van der Waals surface area contributed by atoms with Crippen molar-refractivity contribution >= 4 is 22.8 Å². The molecule has 2 aromatic rings. The number of thiazole rings is 1. The Bertz CT molecular complexity index is 619. The van der Waals surface area contributed by atoms with Crippen molar-refractivity contribution in [3.8, 4) is 0 Å². The van der Waals surface area contributed by atoms with Gasteiger partial charge in [0.25, 0.3) is 0 Å². The SMILES string of the molecule is CCCCCCCN(CCc1cscn1)c1ncccc1[N+](=O)[O-]. The number of hydrogen-bond acceptors (Lipinski definition) is 6. The fraction of sp³-hybridized carbons (Fsp3) is 0.529. The Kier molecular flexibility index (Phi) is 7.61. The summed E-state index contributed by atoms with van der Waals surface area (Å²) in [5.74, 6) is 0.466. The topological polar surface area (TPSA) is 72.2 Å². The molecule has 6 nitrogen and oxygen atoms in total. The zero-order valence-electron chi connectivity index (χ0n) is 14.1. The van der Waals surface area contributed by atoms with Gasteiger partial charge >= 0.3 is 5.69 Å². The summed E-state index contributed by atoms with van der Waals surface area (Å²) >= 11 is 1.57. The van der Waals surface area contributed by atoms with Crippen LogP contribution in [0.2, 0.25) is 0 Å². The van der Waals surface area contributed by atoms with E-state index in [-0.39, 0.29) is 10.6 Å². The molecule has 0 bridgehead atoms. The molecule has 0 saturated heterocycles. The number of rotatable bonds is 11. The predicted octanol–water partition coefficient (Wildman–Crippen LogP) is 4.47. The maximum absolute atomic E-state index is 11.3. The summed E-state index contributed by atoms with van der Waals surface area (Å²) in [6.45, 7) is 3.67. The summed E-state index contributed by atoms with van der Waals surface area (Å²) in [5, 5.41) is 13.3. The zero-order chi connectivity index (χ0) is 17.2. The molecule has 0 aliphatic heterocycles. The van der Waals surface area contributed by atoms with Crippen molar-refractivity contribution in [1.29, 1.82) is 0 Å². The Hall–Kier alpha value is -2.02. The van der Waals surface area contributed by atoms with Crippen LogP contribution >= 0.6 is 11.3 Å². The third kappa shape index (κ3) is 5.56. The molecule has 0 atom stereocenters. The van der Waals surface area contributed by atoms with Crippen LogP contribution < -0.4 is 4.90 Å². The van der Waals surface area contributed by atoms with Crippen LogP contribution in [-0.4, -0.2) is 28.0 Å². The van der Waals surface area contributed by atoms with Gasteiger partial charge in [-0.15, -0.1) is 11.3 Å². The Balaban J connectivity index is 2.05. The number of aromatic nitrogens is 2. The summed E-state index contributed by atoms with van der Waals surface area (Å²) < 4.78 is 0. The van der Waals surface area contributed by atoms with E-state index < -0.39 is 0 Å². The third-order valence-corrected chi connectivity index (χ3v) is 4.55. The molecule has 0 fully saturated rings. The fourth-order valence-electron chi connectivity index (χ4n) is 2.61. The van der Waals surface area contributed by atoms with Crippen LogP contribution in [0.1, 0.15) is 44.7 Å². The number of hydrogen-bond donors (Lipinski definition) is 0. The number of anilines is 1. The highest BCUT2D eigenvalue weighted by Crippen LogP contribution is 2.25.